The van der Waals surface area contributed by atoms with Gasteiger partial charge in [0.05, 0.1) is 5.56 Å². The van der Waals surface area contributed by atoms with Crippen molar-refractivity contribution in [1.29, 1.82) is 0 Å². The minimum absolute atomic E-state index is 0.0893. The van der Waals surface area contributed by atoms with E-state index in [1.165, 1.54) is 12.4 Å². The predicted octanol–water partition coefficient (Wildman–Crippen LogP) is 2.42. The number of rotatable bonds is 2. The summed E-state index contributed by atoms with van der Waals surface area (Å²) >= 11 is 3.18. The highest BCUT2D eigenvalue weighted by molar-refractivity contribution is 9.10. The van der Waals surface area contributed by atoms with E-state index in [-0.39, 0.29) is 17.3 Å². The second-order valence-electron chi connectivity index (χ2n) is 3.38. The van der Waals surface area contributed by atoms with Gasteiger partial charge in [-0.2, -0.15) is 10.1 Å². The molecule has 8 heteroatoms. The van der Waals surface area contributed by atoms with Gasteiger partial charge < -0.3 is 4.52 Å². The predicted molar refractivity (Wildman–Crippen MR) is 62.8 cm³/mol. The molecule has 0 spiro atoms. The molecule has 0 aliphatic heterocycles. The van der Waals surface area contributed by atoms with Gasteiger partial charge in [-0.05, 0) is 18.2 Å². The van der Waals surface area contributed by atoms with Gasteiger partial charge in [-0.1, -0.05) is 21.1 Å². The van der Waals surface area contributed by atoms with Gasteiger partial charge in [0.1, 0.15) is 12.1 Å². The molecule has 0 aliphatic carbocycles. The number of nitrogens with one attached hydrogen (secondary N) is 1. The topological polar surface area (TPSA) is 80.5 Å². The van der Waals surface area contributed by atoms with Gasteiger partial charge >= 0.3 is 0 Å². The molecule has 2 aromatic heterocycles. The summed E-state index contributed by atoms with van der Waals surface area (Å²) in [5.74, 6) is 0.232. The first-order chi connectivity index (χ1) is 8.74. The Morgan fingerprint density at radius 3 is 2.94 bits per heavy atom. The van der Waals surface area contributed by atoms with E-state index in [0.717, 1.165) is 0 Å². The minimum Gasteiger partial charge on any atom is -0.333 e. The molecule has 6 nitrogen and oxygen atoms in total. The zero-order valence-electron chi connectivity index (χ0n) is 8.76. The largest absolute Gasteiger partial charge is 0.333 e. The summed E-state index contributed by atoms with van der Waals surface area (Å²) in [6.07, 6.45) is 1.32. The van der Waals surface area contributed by atoms with E-state index in [4.69, 9.17) is 4.52 Å². The Balaban J connectivity index is 2.03. The number of hydrogen-bond donors (Lipinski definition) is 1. The van der Waals surface area contributed by atoms with Crippen LogP contribution < -0.4 is 0 Å². The maximum absolute atomic E-state index is 13.7. The Bertz CT molecular complexity index is 681. The summed E-state index contributed by atoms with van der Waals surface area (Å²) in [6.45, 7) is 0. The molecule has 0 saturated carbocycles. The lowest BCUT2D eigenvalue weighted by molar-refractivity contribution is 0.429. The molecule has 18 heavy (non-hydrogen) atoms. The van der Waals surface area contributed by atoms with E-state index in [9.17, 15) is 4.39 Å². The van der Waals surface area contributed by atoms with Crippen LogP contribution in [-0.2, 0) is 0 Å². The van der Waals surface area contributed by atoms with Crippen molar-refractivity contribution < 1.29 is 8.91 Å². The van der Waals surface area contributed by atoms with Gasteiger partial charge in [0.2, 0.25) is 5.82 Å². The number of halogens is 2. The lowest BCUT2D eigenvalue weighted by atomic mass is 10.2. The summed E-state index contributed by atoms with van der Waals surface area (Å²) in [6, 6.07) is 4.57. The van der Waals surface area contributed by atoms with Gasteiger partial charge in [-0.3, -0.25) is 5.10 Å². The Morgan fingerprint density at radius 2 is 2.22 bits per heavy atom. The van der Waals surface area contributed by atoms with Crippen molar-refractivity contribution in [3.8, 4) is 23.1 Å². The molecule has 0 radical (unpaired) electrons. The first-order valence-corrected chi connectivity index (χ1v) is 5.68. The zero-order chi connectivity index (χ0) is 12.5. The van der Waals surface area contributed by atoms with Crippen molar-refractivity contribution in [2.75, 3.05) is 0 Å². The normalized spacial score (nSPS) is 10.8. The standard InChI is InChI=1S/C10H5BrFN5O/c11-5-1-2-6(7(12)3-5)10-15-9(17-18-10)8-13-4-14-16-8/h1-4H,(H,13,14,16). The van der Waals surface area contributed by atoms with Crippen LogP contribution in [0.5, 0.6) is 0 Å². The van der Waals surface area contributed by atoms with E-state index in [0.29, 0.717) is 10.3 Å². The fraction of sp³-hybridized carbons (Fsp3) is 0. The first-order valence-electron chi connectivity index (χ1n) is 4.89. The minimum atomic E-state index is -0.447. The molecule has 0 aliphatic rings. The van der Waals surface area contributed by atoms with Crippen LogP contribution >= 0.6 is 15.9 Å². The molecular formula is C10H5BrFN5O. The van der Waals surface area contributed by atoms with Crippen molar-refractivity contribution in [3.63, 3.8) is 0 Å². The number of H-pyrrole nitrogens is 1. The summed E-state index contributed by atoms with van der Waals surface area (Å²) in [7, 11) is 0. The number of aromatic amines is 1. The van der Waals surface area contributed by atoms with Crippen molar-refractivity contribution >= 4 is 15.9 Å². The maximum atomic E-state index is 13.7. The molecule has 2 heterocycles. The van der Waals surface area contributed by atoms with Crippen LogP contribution in [0.4, 0.5) is 4.39 Å². The van der Waals surface area contributed by atoms with E-state index in [1.807, 2.05) is 0 Å². The molecule has 90 valence electrons. The lowest BCUT2D eigenvalue weighted by Crippen LogP contribution is -1.86. The molecule has 0 amide bonds. The Hall–Kier alpha value is -2.09. The molecule has 0 unspecified atom stereocenters. The van der Waals surface area contributed by atoms with Crippen LogP contribution in [0.1, 0.15) is 0 Å². The highest BCUT2D eigenvalue weighted by Gasteiger charge is 2.15. The summed E-state index contributed by atoms with van der Waals surface area (Å²) < 4.78 is 19.3. The number of hydrogen-bond acceptors (Lipinski definition) is 5. The van der Waals surface area contributed by atoms with Crippen LogP contribution in [0.15, 0.2) is 33.5 Å². The highest BCUT2D eigenvalue weighted by Crippen LogP contribution is 2.25. The molecule has 3 aromatic rings. The Kier molecular flexibility index (Phi) is 2.63. The monoisotopic (exact) mass is 309 g/mol. The lowest BCUT2D eigenvalue weighted by Gasteiger charge is -1.96. The van der Waals surface area contributed by atoms with Crippen molar-refractivity contribution in [3.05, 3.63) is 34.8 Å². The molecule has 1 aromatic carbocycles. The van der Waals surface area contributed by atoms with Gasteiger partial charge in [0.25, 0.3) is 5.89 Å². The van der Waals surface area contributed by atoms with Crippen molar-refractivity contribution in [2.24, 2.45) is 0 Å². The third kappa shape index (κ3) is 1.90. The fourth-order valence-electron chi connectivity index (χ4n) is 1.41. The average molecular weight is 310 g/mol. The van der Waals surface area contributed by atoms with Crippen molar-refractivity contribution in [1.82, 2.24) is 25.3 Å². The Morgan fingerprint density at radius 1 is 1.33 bits per heavy atom. The van der Waals surface area contributed by atoms with Gasteiger partial charge in [-0.25, -0.2) is 9.37 Å². The van der Waals surface area contributed by atoms with Crippen LogP contribution in [0.3, 0.4) is 0 Å². The van der Waals surface area contributed by atoms with E-state index < -0.39 is 5.82 Å². The van der Waals surface area contributed by atoms with E-state index >= 15 is 0 Å². The van der Waals surface area contributed by atoms with E-state index in [1.54, 1.807) is 12.1 Å². The smallest absolute Gasteiger partial charge is 0.261 e. The second-order valence-corrected chi connectivity index (χ2v) is 4.30. The molecule has 0 fully saturated rings. The third-order valence-electron chi connectivity index (χ3n) is 2.21. The Labute approximate surface area is 108 Å². The van der Waals surface area contributed by atoms with Gasteiger partial charge in [-0.15, -0.1) is 0 Å². The van der Waals surface area contributed by atoms with Crippen LogP contribution in [0, 0.1) is 5.82 Å². The number of nitrogens with zero attached hydrogens (tertiary/aromatic N) is 4. The average Bonchev–Trinajstić information content (AvgIpc) is 2.99. The fourth-order valence-corrected chi connectivity index (χ4v) is 1.74. The second kappa shape index (κ2) is 4.30. The van der Waals surface area contributed by atoms with Crippen LogP contribution in [0.2, 0.25) is 0 Å². The summed E-state index contributed by atoms with van der Waals surface area (Å²) in [5.41, 5.74) is 0.233. The third-order valence-corrected chi connectivity index (χ3v) is 2.71. The summed E-state index contributed by atoms with van der Waals surface area (Å²) in [4.78, 5) is 7.92. The summed E-state index contributed by atoms with van der Waals surface area (Å²) in [5, 5.41) is 9.97. The quantitative estimate of drug-likeness (QED) is 0.786. The van der Waals surface area contributed by atoms with Gasteiger partial charge in [0.15, 0.2) is 5.82 Å². The molecular weight excluding hydrogens is 305 g/mol. The molecule has 0 bridgehead atoms. The number of benzene rings is 1. The highest BCUT2D eigenvalue weighted by atomic mass is 79.9. The molecule has 3 rings (SSSR count). The van der Waals surface area contributed by atoms with Crippen LogP contribution in [-0.4, -0.2) is 25.3 Å². The number of aromatic nitrogens is 5. The maximum Gasteiger partial charge on any atom is 0.261 e. The zero-order valence-corrected chi connectivity index (χ0v) is 10.3. The SMILES string of the molecule is Fc1cc(Br)ccc1-c1nc(-c2ncn[nH]2)no1. The van der Waals surface area contributed by atoms with Crippen LogP contribution in [0.25, 0.3) is 23.1 Å². The molecule has 1 N–H and O–H groups in total. The molecule has 0 saturated heterocycles. The first kappa shape index (κ1) is 11.0. The van der Waals surface area contributed by atoms with E-state index in [2.05, 4.69) is 41.3 Å². The molecule has 0 atom stereocenters. The van der Waals surface area contributed by atoms with Gasteiger partial charge in [0, 0.05) is 4.47 Å². The van der Waals surface area contributed by atoms with Crippen molar-refractivity contribution in [2.45, 2.75) is 0 Å².